The number of hydrogen-bond acceptors (Lipinski definition) is 5. The minimum absolute atomic E-state index is 0.0342. The number of rotatable bonds is 4. The first-order valence-corrected chi connectivity index (χ1v) is 7.91. The van der Waals surface area contributed by atoms with Crippen molar-refractivity contribution in [3.8, 4) is 0 Å². The van der Waals surface area contributed by atoms with Gasteiger partial charge in [-0.05, 0) is 40.7 Å². The van der Waals surface area contributed by atoms with Gasteiger partial charge in [-0.25, -0.2) is 9.59 Å². The second-order valence-corrected chi connectivity index (χ2v) is 6.85. The highest BCUT2D eigenvalue weighted by Crippen LogP contribution is 2.38. The van der Waals surface area contributed by atoms with E-state index in [1.54, 1.807) is 45.9 Å². The predicted octanol–water partition coefficient (Wildman–Crippen LogP) is 2.73. The summed E-state index contributed by atoms with van der Waals surface area (Å²) in [7, 11) is 0. The van der Waals surface area contributed by atoms with E-state index in [0.29, 0.717) is 5.56 Å². The Labute approximate surface area is 141 Å². The molecule has 6 heteroatoms. The first kappa shape index (κ1) is 18.0. The van der Waals surface area contributed by atoms with E-state index < -0.39 is 29.0 Å². The van der Waals surface area contributed by atoms with Crippen LogP contribution in [-0.4, -0.2) is 47.0 Å². The Balaban J connectivity index is 2.32. The maximum atomic E-state index is 12.9. The lowest BCUT2D eigenvalue weighted by Gasteiger charge is -2.21. The van der Waals surface area contributed by atoms with Crippen LogP contribution < -0.4 is 0 Å². The summed E-state index contributed by atoms with van der Waals surface area (Å²) in [6, 6.07) is 6.91. The number of Topliss-reactive ketones (excluding diaryl/α,β-unsaturated/α-hetero) is 1. The normalized spacial score (nSPS) is 19.6. The molecule has 1 amide bonds. The lowest BCUT2D eigenvalue weighted by atomic mass is 9.96. The summed E-state index contributed by atoms with van der Waals surface area (Å²) in [5.41, 5.74) is -1.07. The van der Waals surface area contributed by atoms with Crippen LogP contribution in [0.3, 0.4) is 0 Å². The van der Waals surface area contributed by atoms with Crippen LogP contribution >= 0.6 is 0 Å². The zero-order chi connectivity index (χ0) is 18.1. The van der Waals surface area contributed by atoms with Gasteiger partial charge in [0, 0.05) is 5.56 Å². The molecular formula is C18H23NO5. The Kier molecular flexibility index (Phi) is 4.69. The summed E-state index contributed by atoms with van der Waals surface area (Å²) >= 11 is 0. The maximum Gasteiger partial charge on any atom is 0.411 e. The van der Waals surface area contributed by atoms with E-state index in [0.717, 1.165) is 10.5 Å². The van der Waals surface area contributed by atoms with Crippen LogP contribution in [0.2, 0.25) is 0 Å². The highest BCUT2D eigenvalue weighted by Gasteiger charge is 2.68. The van der Waals surface area contributed by atoms with Gasteiger partial charge in [0.15, 0.2) is 0 Å². The fourth-order valence-corrected chi connectivity index (χ4v) is 2.47. The first-order valence-electron chi connectivity index (χ1n) is 7.91. The van der Waals surface area contributed by atoms with Gasteiger partial charge in [-0.15, -0.1) is 0 Å². The average molecular weight is 333 g/mol. The number of carbonyl (C=O) groups excluding carboxylic acids is 3. The Morgan fingerprint density at radius 3 is 2.46 bits per heavy atom. The maximum absolute atomic E-state index is 12.9. The molecule has 1 unspecified atom stereocenters. The molecule has 0 N–H and O–H groups in total. The topological polar surface area (TPSA) is 72.7 Å². The molecule has 0 spiro atoms. The highest BCUT2D eigenvalue weighted by molar-refractivity contribution is 6.21. The second-order valence-electron chi connectivity index (χ2n) is 6.85. The van der Waals surface area contributed by atoms with Crippen LogP contribution in [0.4, 0.5) is 4.79 Å². The van der Waals surface area contributed by atoms with Gasteiger partial charge in [0.25, 0.3) is 0 Å². The van der Waals surface area contributed by atoms with E-state index in [9.17, 15) is 14.4 Å². The zero-order valence-corrected chi connectivity index (χ0v) is 14.7. The molecule has 1 atom stereocenters. The monoisotopic (exact) mass is 333 g/mol. The van der Waals surface area contributed by atoms with Crippen molar-refractivity contribution in [1.82, 2.24) is 4.90 Å². The van der Waals surface area contributed by atoms with Gasteiger partial charge in [0.1, 0.15) is 5.60 Å². The van der Waals surface area contributed by atoms with Crippen LogP contribution in [0.1, 0.15) is 43.6 Å². The number of aryl methyl sites for hydroxylation is 1. The highest BCUT2D eigenvalue weighted by atomic mass is 16.6. The number of esters is 1. The molecule has 1 aliphatic rings. The molecule has 1 aromatic rings. The van der Waals surface area contributed by atoms with Crippen LogP contribution in [-0.2, 0) is 14.3 Å². The molecule has 2 rings (SSSR count). The predicted molar refractivity (Wildman–Crippen MR) is 87.8 cm³/mol. The summed E-state index contributed by atoms with van der Waals surface area (Å²) in [5.74, 6) is -1.17. The standard InChI is InChI=1S/C18H23NO5/c1-6-23-15(21)18(11-19(18)16(22)24-17(3,4)5)14(20)13-9-7-8-12(2)10-13/h7-10H,6,11H2,1-5H3. The Morgan fingerprint density at radius 2 is 1.92 bits per heavy atom. The molecule has 6 nitrogen and oxygen atoms in total. The van der Waals surface area contributed by atoms with Crippen molar-refractivity contribution in [2.45, 2.75) is 45.8 Å². The smallest absolute Gasteiger partial charge is 0.411 e. The number of amides is 1. The van der Waals surface area contributed by atoms with Gasteiger partial charge in [0.2, 0.25) is 11.3 Å². The summed E-state index contributed by atoms with van der Waals surface area (Å²) in [4.78, 5) is 38.8. The molecule has 1 heterocycles. The fraction of sp³-hybridized carbons (Fsp3) is 0.500. The quantitative estimate of drug-likeness (QED) is 0.367. The minimum atomic E-state index is -1.62. The molecule has 1 aromatic carbocycles. The van der Waals surface area contributed by atoms with Crippen molar-refractivity contribution in [2.75, 3.05) is 13.2 Å². The molecule has 0 saturated carbocycles. The van der Waals surface area contributed by atoms with E-state index in [1.165, 1.54) is 0 Å². The van der Waals surface area contributed by atoms with Crippen LogP contribution in [0.5, 0.6) is 0 Å². The molecular weight excluding hydrogens is 310 g/mol. The molecule has 24 heavy (non-hydrogen) atoms. The lowest BCUT2D eigenvalue weighted by Crippen LogP contribution is -2.42. The first-order chi connectivity index (χ1) is 11.1. The number of ketones is 1. The molecule has 0 radical (unpaired) electrons. The van der Waals surface area contributed by atoms with Gasteiger partial charge in [-0.3, -0.25) is 9.69 Å². The minimum Gasteiger partial charge on any atom is -0.464 e. The molecule has 130 valence electrons. The fourth-order valence-electron chi connectivity index (χ4n) is 2.47. The van der Waals surface area contributed by atoms with Crippen LogP contribution in [0.25, 0.3) is 0 Å². The van der Waals surface area contributed by atoms with E-state index in [4.69, 9.17) is 9.47 Å². The third-order valence-electron chi connectivity index (χ3n) is 3.63. The third kappa shape index (κ3) is 3.42. The van der Waals surface area contributed by atoms with Crippen molar-refractivity contribution in [1.29, 1.82) is 0 Å². The van der Waals surface area contributed by atoms with Crippen molar-refractivity contribution in [3.63, 3.8) is 0 Å². The van der Waals surface area contributed by atoms with E-state index in [-0.39, 0.29) is 13.2 Å². The average Bonchev–Trinajstić information content (AvgIpc) is 3.22. The molecule has 0 bridgehead atoms. The SMILES string of the molecule is CCOC(=O)C1(C(=O)c2cccc(C)c2)CN1C(=O)OC(C)(C)C. The lowest BCUT2D eigenvalue weighted by molar-refractivity contribution is -0.145. The zero-order valence-electron chi connectivity index (χ0n) is 14.7. The Hall–Kier alpha value is -2.37. The summed E-state index contributed by atoms with van der Waals surface area (Å²) in [6.07, 6.45) is -0.698. The van der Waals surface area contributed by atoms with Crippen LogP contribution in [0.15, 0.2) is 24.3 Å². The van der Waals surface area contributed by atoms with Gasteiger partial charge in [-0.2, -0.15) is 0 Å². The number of hydrogen-bond donors (Lipinski definition) is 0. The molecule has 1 saturated heterocycles. The van der Waals surface area contributed by atoms with Gasteiger partial charge in [-0.1, -0.05) is 23.8 Å². The third-order valence-corrected chi connectivity index (χ3v) is 3.63. The molecule has 1 fully saturated rings. The van der Waals surface area contributed by atoms with Gasteiger partial charge >= 0.3 is 12.1 Å². The van der Waals surface area contributed by atoms with E-state index in [2.05, 4.69) is 0 Å². The summed E-state index contributed by atoms with van der Waals surface area (Å²) < 4.78 is 10.3. The van der Waals surface area contributed by atoms with Gasteiger partial charge in [0.05, 0.1) is 13.2 Å². The van der Waals surface area contributed by atoms with Crippen molar-refractivity contribution < 1.29 is 23.9 Å². The number of nitrogens with zero attached hydrogens (tertiary/aromatic N) is 1. The number of benzene rings is 1. The number of carbonyl (C=O) groups is 3. The van der Waals surface area contributed by atoms with Crippen molar-refractivity contribution in [3.05, 3.63) is 35.4 Å². The summed E-state index contributed by atoms with van der Waals surface area (Å²) in [5, 5.41) is 0. The molecule has 0 aromatic heterocycles. The largest absolute Gasteiger partial charge is 0.464 e. The molecule has 1 aliphatic heterocycles. The Morgan fingerprint density at radius 1 is 1.25 bits per heavy atom. The molecule has 0 aliphatic carbocycles. The Bertz CT molecular complexity index is 676. The van der Waals surface area contributed by atoms with Crippen molar-refractivity contribution >= 4 is 17.8 Å². The second kappa shape index (κ2) is 6.26. The van der Waals surface area contributed by atoms with Crippen LogP contribution in [0, 0.1) is 6.92 Å². The summed E-state index contributed by atoms with van der Waals surface area (Å²) in [6.45, 7) is 8.78. The van der Waals surface area contributed by atoms with E-state index in [1.807, 2.05) is 13.0 Å². The number of ether oxygens (including phenoxy) is 2. The van der Waals surface area contributed by atoms with E-state index >= 15 is 0 Å². The van der Waals surface area contributed by atoms with Crippen molar-refractivity contribution in [2.24, 2.45) is 0 Å². The van der Waals surface area contributed by atoms with Gasteiger partial charge < -0.3 is 9.47 Å².